The molecule has 0 aliphatic carbocycles. The van der Waals surface area contributed by atoms with Crippen LogP contribution in [0.25, 0.3) is 0 Å². The first-order chi connectivity index (χ1) is 10.2. The lowest BCUT2D eigenvalue weighted by molar-refractivity contribution is -0.124. The first kappa shape index (κ1) is 18.2. The number of esters is 1. The second kappa shape index (κ2) is 7.43. The van der Waals surface area contributed by atoms with Crippen LogP contribution in [0, 0.1) is 34.6 Å². The lowest BCUT2D eigenvalue weighted by Crippen LogP contribution is -2.35. The number of benzene rings is 1. The molecule has 1 aromatic rings. The summed E-state index contributed by atoms with van der Waals surface area (Å²) < 4.78 is 5.20. The van der Waals surface area contributed by atoms with Crippen molar-refractivity contribution in [1.82, 2.24) is 5.32 Å². The average Bonchev–Trinajstić information content (AvgIpc) is 2.49. The molecule has 0 spiro atoms. The lowest BCUT2D eigenvalue weighted by atomic mass is 9.90. The van der Waals surface area contributed by atoms with Crippen molar-refractivity contribution in [3.63, 3.8) is 0 Å². The second-order valence-corrected chi connectivity index (χ2v) is 5.95. The fourth-order valence-corrected chi connectivity index (χ4v) is 2.43. The van der Waals surface area contributed by atoms with Crippen LogP contribution in [-0.4, -0.2) is 24.5 Å². The molecule has 4 nitrogen and oxygen atoms in total. The highest BCUT2D eigenvalue weighted by Gasteiger charge is 2.20. The third-order valence-corrected chi connectivity index (χ3v) is 4.56. The van der Waals surface area contributed by atoms with Gasteiger partial charge >= 0.3 is 5.97 Å². The van der Waals surface area contributed by atoms with Crippen molar-refractivity contribution in [2.75, 3.05) is 6.61 Å². The molecule has 0 bridgehead atoms. The summed E-state index contributed by atoms with van der Waals surface area (Å²) in [6.45, 7) is 13.6. The van der Waals surface area contributed by atoms with Gasteiger partial charge in [0.2, 0.25) is 0 Å². The quantitative estimate of drug-likeness (QED) is 0.849. The number of ether oxygens (including phenoxy) is 1. The van der Waals surface area contributed by atoms with E-state index in [9.17, 15) is 9.59 Å². The Morgan fingerprint density at radius 1 is 0.955 bits per heavy atom. The molecular weight excluding hydrogens is 278 g/mol. The predicted octanol–water partition coefficient (Wildman–Crippen LogP) is 3.30. The fraction of sp³-hybridized carbons (Fsp3) is 0.556. The Balaban J connectivity index is 2.90. The highest BCUT2D eigenvalue weighted by Crippen LogP contribution is 2.26. The third kappa shape index (κ3) is 3.87. The van der Waals surface area contributed by atoms with Crippen molar-refractivity contribution in [3.8, 4) is 0 Å². The average molecular weight is 305 g/mol. The van der Waals surface area contributed by atoms with Gasteiger partial charge in [0.1, 0.15) is 0 Å². The zero-order chi connectivity index (χ0) is 17.0. The minimum absolute atomic E-state index is 0.0820. The van der Waals surface area contributed by atoms with Crippen molar-refractivity contribution < 1.29 is 14.3 Å². The Bertz CT molecular complexity index is 561. The van der Waals surface area contributed by atoms with Crippen molar-refractivity contribution in [1.29, 1.82) is 0 Å². The summed E-state index contributed by atoms with van der Waals surface area (Å²) in [7, 11) is 0. The van der Waals surface area contributed by atoms with Crippen LogP contribution in [0.4, 0.5) is 0 Å². The first-order valence-electron chi connectivity index (χ1n) is 7.74. The number of carbonyl (C=O) groups excluding carboxylic acids is 2. The standard InChI is InChI=1S/C18H27NO3/c1-8-10(2)19-16(20)9-22-18(21)17-14(6)12(4)11(3)13(5)15(17)7/h10H,8-9H2,1-7H3,(H,19,20). The van der Waals surface area contributed by atoms with Gasteiger partial charge in [0.15, 0.2) is 6.61 Å². The molecule has 0 saturated heterocycles. The molecule has 0 saturated carbocycles. The summed E-state index contributed by atoms with van der Waals surface area (Å²) >= 11 is 0. The summed E-state index contributed by atoms with van der Waals surface area (Å²) in [5.41, 5.74) is 5.82. The van der Waals surface area contributed by atoms with E-state index >= 15 is 0 Å². The van der Waals surface area contributed by atoms with Crippen molar-refractivity contribution in [2.24, 2.45) is 0 Å². The number of nitrogens with one attached hydrogen (secondary N) is 1. The molecule has 1 N–H and O–H groups in total. The van der Waals surface area contributed by atoms with Crippen LogP contribution in [0.3, 0.4) is 0 Å². The number of rotatable bonds is 5. The van der Waals surface area contributed by atoms with Gasteiger partial charge in [0.05, 0.1) is 5.56 Å². The molecule has 0 heterocycles. The molecule has 0 aliphatic heterocycles. The SMILES string of the molecule is CCC(C)NC(=O)COC(=O)c1c(C)c(C)c(C)c(C)c1C. The molecule has 122 valence electrons. The molecule has 4 heteroatoms. The number of amides is 1. The van der Waals surface area contributed by atoms with E-state index in [1.807, 2.05) is 41.5 Å². The van der Waals surface area contributed by atoms with Crippen LogP contribution in [0.2, 0.25) is 0 Å². The highest BCUT2D eigenvalue weighted by molar-refractivity contribution is 5.95. The van der Waals surface area contributed by atoms with Crippen LogP contribution in [0.1, 0.15) is 58.4 Å². The molecule has 1 atom stereocenters. The Kier molecular flexibility index (Phi) is 6.15. The zero-order valence-corrected chi connectivity index (χ0v) is 14.7. The first-order valence-corrected chi connectivity index (χ1v) is 7.74. The second-order valence-electron chi connectivity index (χ2n) is 5.95. The van der Waals surface area contributed by atoms with Gasteiger partial charge in [-0.2, -0.15) is 0 Å². The van der Waals surface area contributed by atoms with E-state index < -0.39 is 5.97 Å². The van der Waals surface area contributed by atoms with Crippen molar-refractivity contribution >= 4 is 11.9 Å². The fourth-order valence-electron chi connectivity index (χ4n) is 2.43. The normalized spacial score (nSPS) is 12.0. The smallest absolute Gasteiger partial charge is 0.339 e. The van der Waals surface area contributed by atoms with E-state index in [2.05, 4.69) is 12.2 Å². The van der Waals surface area contributed by atoms with E-state index in [0.717, 1.165) is 28.7 Å². The topological polar surface area (TPSA) is 55.4 Å². The van der Waals surface area contributed by atoms with Crippen LogP contribution < -0.4 is 5.32 Å². The summed E-state index contributed by atoms with van der Waals surface area (Å²) in [6.07, 6.45) is 0.842. The van der Waals surface area contributed by atoms with Crippen molar-refractivity contribution in [2.45, 2.75) is 60.9 Å². The van der Waals surface area contributed by atoms with Crippen LogP contribution in [0.5, 0.6) is 0 Å². The molecular formula is C18H27NO3. The summed E-state index contributed by atoms with van der Waals surface area (Å²) in [5, 5.41) is 2.78. The molecule has 0 radical (unpaired) electrons. The molecule has 1 rings (SSSR count). The maximum atomic E-state index is 12.4. The highest BCUT2D eigenvalue weighted by atomic mass is 16.5. The summed E-state index contributed by atoms with van der Waals surface area (Å²) in [6, 6.07) is 0.0820. The Morgan fingerprint density at radius 3 is 1.86 bits per heavy atom. The van der Waals surface area contributed by atoms with E-state index in [1.165, 1.54) is 5.56 Å². The largest absolute Gasteiger partial charge is 0.452 e. The third-order valence-electron chi connectivity index (χ3n) is 4.56. The van der Waals surface area contributed by atoms with E-state index in [4.69, 9.17) is 4.74 Å². The van der Waals surface area contributed by atoms with Crippen LogP contribution >= 0.6 is 0 Å². The Labute approximate surface area is 133 Å². The molecule has 0 fully saturated rings. The molecule has 22 heavy (non-hydrogen) atoms. The van der Waals surface area contributed by atoms with E-state index in [0.29, 0.717) is 5.56 Å². The molecule has 0 aromatic heterocycles. The zero-order valence-electron chi connectivity index (χ0n) is 14.7. The van der Waals surface area contributed by atoms with Gasteiger partial charge in [-0.05, 0) is 75.8 Å². The Morgan fingerprint density at radius 2 is 1.41 bits per heavy atom. The minimum atomic E-state index is -0.430. The number of hydrogen-bond acceptors (Lipinski definition) is 3. The summed E-state index contributed by atoms with van der Waals surface area (Å²) in [5.74, 6) is -0.695. The minimum Gasteiger partial charge on any atom is -0.452 e. The van der Waals surface area contributed by atoms with Gasteiger partial charge < -0.3 is 10.1 Å². The molecule has 1 amide bonds. The number of hydrogen-bond donors (Lipinski definition) is 1. The van der Waals surface area contributed by atoms with Gasteiger partial charge in [0, 0.05) is 6.04 Å². The van der Waals surface area contributed by atoms with Gasteiger partial charge in [0.25, 0.3) is 5.91 Å². The van der Waals surface area contributed by atoms with Gasteiger partial charge in [-0.15, -0.1) is 0 Å². The maximum Gasteiger partial charge on any atom is 0.339 e. The molecule has 1 aromatic carbocycles. The van der Waals surface area contributed by atoms with Gasteiger partial charge in [-0.1, -0.05) is 6.92 Å². The lowest BCUT2D eigenvalue weighted by Gasteiger charge is -2.18. The Hall–Kier alpha value is -1.84. The summed E-state index contributed by atoms with van der Waals surface area (Å²) in [4.78, 5) is 24.1. The molecule has 1 unspecified atom stereocenters. The van der Waals surface area contributed by atoms with Crippen molar-refractivity contribution in [3.05, 3.63) is 33.4 Å². The van der Waals surface area contributed by atoms with Gasteiger partial charge in [-0.3, -0.25) is 4.79 Å². The van der Waals surface area contributed by atoms with Crippen LogP contribution in [0.15, 0.2) is 0 Å². The monoisotopic (exact) mass is 305 g/mol. The molecule has 0 aliphatic rings. The van der Waals surface area contributed by atoms with Gasteiger partial charge in [-0.25, -0.2) is 4.79 Å². The predicted molar refractivity (Wildman–Crippen MR) is 88.3 cm³/mol. The maximum absolute atomic E-state index is 12.4. The number of carbonyl (C=O) groups is 2. The van der Waals surface area contributed by atoms with E-state index in [1.54, 1.807) is 0 Å². The van der Waals surface area contributed by atoms with E-state index in [-0.39, 0.29) is 18.6 Å². The van der Waals surface area contributed by atoms with Crippen LogP contribution in [-0.2, 0) is 9.53 Å².